The van der Waals surface area contributed by atoms with Crippen LogP contribution >= 0.6 is 0 Å². The van der Waals surface area contributed by atoms with Crippen molar-refractivity contribution in [1.82, 2.24) is 15.1 Å². The average molecular weight is 285 g/mol. The van der Waals surface area contributed by atoms with E-state index in [1.54, 1.807) is 20.8 Å². The molecule has 1 heterocycles. The van der Waals surface area contributed by atoms with Crippen LogP contribution in [-0.2, 0) is 14.4 Å². The van der Waals surface area contributed by atoms with Gasteiger partial charge in [0.15, 0.2) is 0 Å². The molecule has 0 spiro atoms. The summed E-state index contributed by atoms with van der Waals surface area (Å²) in [7, 11) is 0. The summed E-state index contributed by atoms with van der Waals surface area (Å²) in [6.45, 7) is 4.65. The summed E-state index contributed by atoms with van der Waals surface area (Å²) in [5.41, 5.74) is -0.967. The lowest BCUT2D eigenvalue weighted by atomic mass is 10.1. The van der Waals surface area contributed by atoms with Gasteiger partial charge >= 0.3 is 12.0 Å². The molecule has 0 aromatic heterocycles. The fourth-order valence-corrected chi connectivity index (χ4v) is 1.93. The van der Waals surface area contributed by atoms with Crippen LogP contribution < -0.4 is 5.32 Å². The lowest BCUT2D eigenvalue weighted by Crippen LogP contribution is -2.41. The van der Waals surface area contributed by atoms with E-state index in [2.05, 4.69) is 5.32 Å². The molecule has 0 aromatic rings. The van der Waals surface area contributed by atoms with E-state index >= 15 is 0 Å². The fourth-order valence-electron chi connectivity index (χ4n) is 1.93. The molecule has 0 radical (unpaired) electrons. The van der Waals surface area contributed by atoms with Crippen LogP contribution in [0, 0.1) is 0 Å². The predicted molar refractivity (Wildman–Crippen MR) is 68.8 cm³/mol. The molecule has 0 unspecified atom stereocenters. The first-order valence-electron chi connectivity index (χ1n) is 6.32. The molecule has 1 saturated heterocycles. The number of hydrogen-bond donors (Lipinski definition) is 2. The highest BCUT2D eigenvalue weighted by Crippen LogP contribution is 2.16. The van der Waals surface area contributed by atoms with Gasteiger partial charge in [0.25, 0.3) is 5.91 Å². The van der Waals surface area contributed by atoms with Crippen LogP contribution in [0.25, 0.3) is 0 Å². The van der Waals surface area contributed by atoms with E-state index in [9.17, 15) is 19.2 Å². The third-order valence-electron chi connectivity index (χ3n) is 3.05. The van der Waals surface area contributed by atoms with E-state index in [1.807, 2.05) is 0 Å². The maximum atomic E-state index is 11.9. The van der Waals surface area contributed by atoms with E-state index in [4.69, 9.17) is 5.11 Å². The molecule has 0 bridgehead atoms. The van der Waals surface area contributed by atoms with Crippen LogP contribution in [0.4, 0.5) is 4.79 Å². The molecule has 1 aliphatic heterocycles. The number of nitrogens with one attached hydrogen (secondary N) is 1. The molecule has 0 atom stereocenters. The zero-order chi connectivity index (χ0) is 15.5. The normalized spacial score (nSPS) is 17.1. The van der Waals surface area contributed by atoms with Crippen LogP contribution in [0.3, 0.4) is 0 Å². The third-order valence-corrected chi connectivity index (χ3v) is 3.05. The lowest BCUT2D eigenvalue weighted by molar-refractivity contribution is -0.144. The molecule has 112 valence electrons. The molecule has 0 saturated carbocycles. The van der Waals surface area contributed by atoms with Gasteiger partial charge in [-0.3, -0.25) is 19.3 Å². The van der Waals surface area contributed by atoms with Crippen molar-refractivity contribution < 1.29 is 24.3 Å². The van der Waals surface area contributed by atoms with Crippen molar-refractivity contribution in [2.75, 3.05) is 19.6 Å². The van der Waals surface area contributed by atoms with Gasteiger partial charge in [0, 0.05) is 19.5 Å². The number of likely N-dealkylation sites (N-methyl/N-ethyl adjacent to an activating group) is 1. The Morgan fingerprint density at radius 2 is 1.95 bits per heavy atom. The van der Waals surface area contributed by atoms with Crippen LogP contribution in [0.2, 0.25) is 0 Å². The number of carboxylic acids is 1. The van der Waals surface area contributed by atoms with Crippen molar-refractivity contribution in [3.63, 3.8) is 0 Å². The molecule has 20 heavy (non-hydrogen) atoms. The van der Waals surface area contributed by atoms with Gasteiger partial charge in [-0.2, -0.15) is 0 Å². The highest BCUT2D eigenvalue weighted by Gasteiger charge is 2.44. The minimum absolute atomic E-state index is 0.0525. The van der Waals surface area contributed by atoms with E-state index in [1.165, 1.54) is 0 Å². The number of rotatable bonds is 6. The fraction of sp³-hybridized carbons (Fsp3) is 0.667. The van der Waals surface area contributed by atoms with Crippen molar-refractivity contribution in [2.24, 2.45) is 0 Å². The molecule has 0 aromatic carbocycles. The van der Waals surface area contributed by atoms with Crippen LogP contribution in [0.15, 0.2) is 0 Å². The first kappa shape index (κ1) is 15.9. The molecule has 1 rings (SSSR count). The largest absolute Gasteiger partial charge is 0.480 e. The van der Waals surface area contributed by atoms with Crippen LogP contribution in [-0.4, -0.2) is 63.9 Å². The molecule has 2 N–H and O–H groups in total. The predicted octanol–water partition coefficient (Wildman–Crippen LogP) is -0.360. The van der Waals surface area contributed by atoms with Gasteiger partial charge in [0.2, 0.25) is 5.91 Å². The second-order valence-corrected chi connectivity index (χ2v) is 5.06. The Labute approximate surface area is 116 Å². The number of amides is 4. The summed E-state index contributed by atoms with van der Waals surface area (Å²) in [5, 5.41) is 11.2. The molecule has 0 aliphatic carbocycles. The van der Waals surface area contributed by atoms with Gasteiger partial charge in [0.05, 0.1) is 0 Å². The summed E-state index contributed by atoms with van der Waals surface area (Å²) in [5.74, 6) is -1.90. The molecule has 1 fully saturated rings. The molecule has 4 amide bonds. The van der Waals surface area contributed by atoms with Crippen LogP contribution in [0.1, 0.15) is 27.2 Å². The number of carboxylic acid groups (broad SMARTS) is 1. The minimum Gasteiger partial charge on any atom is -0.480 e. The standard InChI is InChI=1S/C12H19N3O5/c1-4-14(7-9(17)18)8(16)5-6-15-10(19)12(2,3)13-11(15)20/h4-7H2,1-3H3,(H,13,20)(H,17,18). The maximum Gasteiger partial charge on any atom is 0.325 e. The highest BCUT2D eigenvalue weighted by atomic mass is 16.4. The van der Waals surface area contributed by atoms with E-state index in [-0.39, 0.29) is 26.1 Å². The maximum absolute atomic E-state index is 11.9. The second kappa shape index (κ2) is 5.89. The first-order chi connectivity index (χ1) is 9.19. The quantitative estimate of drug-likeness (QED) is 0.648. The van der Waals surface area contributed by atoms with Crippen molar-refractivity contribution in [2.45, 2.75) is 32.7 Å². The molecule has 8 heteroatoms. The van der Waals surface area contributed by atoms with Gasteiger partial charge in [-0.25, -0.2) is 4.79 Å². The Bertz CT molecular complexity index is 446. The first-order valence-corrected chi connectivity index (χ1v) is 6.32. The Hall–Kier alpha value is -2.12. The number of hydrogen-bond acceptors (Lipinski definition) is 4. The van der Waals surface area contributed by atoms with Crippen molar-refractivity contribution >= 4 is 23.8 Å². The van der Waals surface area contributed by atoms with Gasteiger partial charge in [-0.15, -0.1) is 0 Å². The Morgan fingerprint density at radius 1 is 1.35 bits per heavy atom. The highest BCUT2D eigenvalue weighted by molar-refractivity contribution is 6.06. The SMILES string of the molecule is CCN(CC(=O)O)C(=O)CCN1C(=O)NC(C)(C)C1=O. The number of urea groups is 1. The zero-order valence-electron chi connectivity index (χ0n) is 11.8. The average Bonchev–Trinajstić information content (AvgIpc) is 2.53. The molecular formula is C12H19N3O5. The Balaban J connectivity index is 2.59. The Morgan fingerprint density at radius 3 is 2.35 bits per heavy atom. The summed E-state index contributed by atoms with van der Waals surface area (Å²) < 4.78 is 0. The van der Waals surface area contributed by atoms with Crippen LogP contribution in [0.5, 0.6) is 0 Å². The topological polar surface area (TPSA) is 107 Å². The van der Waals surface area contributed by atoms with Gasteiger partial charge in [-0.05, 0) is 20.8 Å². The van der Waals surface area contributed by atoms with E-state index < -0.39 is 29.4 Å². The number of carbonyl (C=O) groups excluding carboxylic acids is 3. The lowest BCUT2D eigenvalue weighted by Gasteiger charge is -2.20. The number of aliphatic carboxylic acids is 1. The molecular weight excluding hydrogens is 266 g/mol. The monoisotopic (exact) mass is 285 g/mol. The molecule has 1 aliphatic rings. The van der Waals surface area contributed by atoms with Crippen molar-refractivity contribution in [1.29, 1.82) is 0 Å². The van der Waals surface area contributed by atoms with E-state index in [0.717, 1.165) is 9.80 Å². The van der Waals surface area contributed by atoms with Crippen molar-refractivity contribution in [3.8, 4) is 0 Å². The minimum atomic E-state index is -1.10. The number of carbonyl (C=O) groups is 4. The van der Waals surface area contributed by atoms with Gasteiger partial charge < -0.3 is 15.3 Å². The summed E-state index contributed by atoms with van der Waals surface area (Å²) in [6.07, 6.45) is -0.0869. The molecule has 8 nitrogen and oxygen atoms in total. The second-order valence-electron chi connectivity index (χ2n) is 5.06. The van der Waals surface area contributed by atoms with Gasteiger partial charge in [0.1, 0.15) is 12.1 Å². The number of imide groups is 1. The zero-order valence-corrected chi connectivity index (χ0v) is 11.8. The number of nitrogens with zero attached hydrogens (tertiary/aromatic N) is 2. The summed E-state index contributed by atoms with van der Waals surface area (Å²) in [4.78, 5) is 48.1. The third kappa shape index (κ3) is 3.46. The van der Waals surface area contributed by atoms with E-state index in [0.29, 0.717) is 0 Å². The summed E-state index contributed by atoms with van der Waals surface area (Å²) >= 11 is 0. The Kier molecular flexibility index (Phi) is 4.69. The van der Waals surface area contributed by atoms with Gasteiger partial charge in [-0.1, -0.05) is 0 Å². The van der Waals surface area contributed by atoms with Crippen molar-refractivity contribution in [3.05, 3.63) is 0 Å². The smallest absolute Gasteiger partial charge is 0.325 e. The summed E-state index contributed by atoms with van der Waals surface area (Å²) in [6, 6.07) is -0.533.